The topological polar surface area (TPSA) is 64.3 Å². The Labute approximate surface area is 83.1 Å². The highest BCUT2D eigenvalue weighted by Crippen LogP contribution is 2.11. The van der Waals surface area contributed by atoms with Gasteiger partial charge < -0.3 is 15.8 Å². The maximum Gasteiger partial charge on any atom is 0.412 e. The fourth-order valence-electron chi connectivity index (χ4n) is 0.924. The maximum absolute atomic E-state index is 11.1. The third kappa shape index (κ3) is 3.45. The molecule has 1 rings (SSSR count). The van der Waals surface area contributed by atoms with E-state index >= 15 is 0 Å². The summed E-state index contributed by atoms with van der Waals surface area (Å²) < 4.78 is 4.97. The Morgan fingerprint density at radius 1 is 1.43 bits per heavy atom. The number of rotatable bonds is 3. The summed E-state index contributed by atoms with van der Waals surface area (Å²) in [5.41, 5.74) is 6.34. The molecule has 14 heavy (non-hydrogen) atoms. The number of carbonyl (C=O) groups is 1. The molecular formula is C10H14N2O2. The van der Waals surface area contributed by atoms with Crippen LogP contribution in [0.25, 0.3) is 0 Å². The van der Waals surface area contributed by atoms with Crippen molar-refractivity contribution in [2.45, 2.75) is 6.92 Å². The molecule has 1 amide bonds. The van der Waals surface area contributed by atoms with Crippen LogP contribution in [0.3, 0.4) is 0 Å². The highest BCUT2D eigenvalue weighted by molar-refractivity contribution is 5.70. The number of hydrogen-bond donors (Lipinski definition) is 2. The summed E-state index contributed by atoms with van der Waals surface area (Å²) in [5, 5.41) is 2.51. The third-order valence-corrected chi connectivity index (χ3v) is 1.65. The van der Waals surface area contributed by atoms with Crippen LogP contribution >= 0.6 is 0 Å². The predicted octanol–water partition coefficient (Wildman–Crippen LogP) is 1.04. The molecule has 0 fully saturated rings. The van der Waals surface area contributed by atoms with Crippen molar-refractivity contribution in [1.29, 1.82) is 0 Å². The standard InChI is InChI=1S/C10H14N2O2/c1-8-2-4-9(5-3-8)14-10(13)12-7-6-11/h2-5H,6-7,11H2,1H3,(H,12,13). The molecule has 0 atom stereocenters. The normalized spacial score (nSPS) is 9.57. The molecule has 4 nitrogen and oxygen atoms in total. The van der Waals surface area contributed by atoms with Gasteiger partial charge in [0.15, 0.2) is 0 Å². The van der Waals surface area contributed by atoms with Crippen molar-refractivity contribution in [3.63, 3.8) is 0 Å². The smallest absolute Gasteiger partial charge is 0.410 e. The number of ether oxygens (including phenoxy) is 1. The first-order valence-electron chi connectivity index (χ1n) is 4.45. The molecule has 0 heterocycles. The molecule has 3 N–H and O–H groups in total. The van der Waals surface area contributed by atoms with E-state index in [0.717, 1.165) is 5.56 Å². The fraction of sp³-hybridized carbons (Fsp3) is 0.300. The van der Waals surface area contributed by atoms with Gasteiger partial charge in [-0.3, -0.25) is 0 Å². The molecule has 0 radical (unpaired) electrons. The summed E-state index contributed by atoms with van der Waals surface area (Å²) in [6.45, 7) is 2.80. The first-order chi connectivity index (χ1) is 6.72. The molecule has 1 aromatic rings. The molecule has 1 aromatic carbocycles. The first kappa shape index (κ1) is 10.5. The van der Waals surface area contributed by atoms with Gasteiger partial charge in [-0.25, -0.2) is 4.79 Å². The van der Waals surface area contributed by atoms with Gasteiger partial charge in [0.1, 0.15) is 5.75 Å². The summed E-state index contributed by atoms with van der Waals surface area (Å²) in [5.74, 6) is 0.533. The Balaban J connectivity index is 2.44. The lowest BCUT2D eigenvalue weighted by Gasteiger charge is -2.05. The highest BCUT2D eigenvalue weighted by atomic mass is 16.5. The number of nitrogens with two attached hydrogens (primary N) is 1. The summed E-state index contributed by atoms with van der Waals surface area (Å²) in [7, 11) is 0. The van der Waals surface area contributed by atoms with Crippen molar-refractivity contribution in [3.05, 3.63) is 29.8 Å². The van der Waals surface area contributed by atoms with Gasteiger partial charge in [0.25, 0.3) is 0 Å². The number of nitrogens with one attached hydrogen (secondary N) is 1. The number of carbonyl (C=O) groups excluding carboxylic acids is 1. The lowest BCUT2D eigenvalue weighted by molar-refractivity contribution is 0.201. The maximum atomic E-state index is 11.1. The molecular weight excluding hydrogens is 180 g/mol. The van der Waals surface area contributed by atoms with Crippen LogP contribution in [-0.4, -0.2) is 19.2 Å². The van der Waals surface area contributed by atoms with Crippen LogP contribution in [0.1, 0.15) is 5.56 Å². The van der Waals surface area contributed by atoms with Crippen LogP contribution in [0.15, 0.2) is 24.3 Å². The summed E-state index contributed by atoms with van der Waals surface area (Å²) >= 11 is 0. The van der Waals surface area contributed by atoms with Crippen LogP contribution in [0.5, 0.6) is 5.75 Å². The summed E-state index contributed by atoms with van der Waals surface area (Å²) in [6.07, 6.45) is -0.473. The molecule has 0 saturated carbocycles. The molecule has 0 aromatic heterocycles. The number of aryl methyl sites for hydroxylation is 1. The average Bonchev–Trinajstić information content (AvgIpc) is 2.18. The van der Waals surface area contributed by atoms with Crippen molar-refractivity contribution in [2.24, 2.45) is 5.73 Å². The van der Waals surface area contributed by atoms with Crippen molar-refractivity contribution in [2.75, 3.05) is 13.1 Å². The Hall–Kier alpha value is -1.55. The van der Waals surface area contributed by atoms with Gasteiger partial charge in [0.2, 0.25) is 0 Å². The van der Waals surface area contributed by atoms with E-state index < -0.39 is 6.09 Å². The van der Waals surface area contributed by atoms with Gasteiger partial charge in [-0.1, -0.05) is 17.7 Å². The second kappa shape index (κ2) is 5.24. The summed E-state index contributed by atoms with van der Waals surface area (Å²) in [6, 6.07) is 7.26. The number of hydrogen-bond acceptors (Lipinski definition) is 3. The van der Waals surface area contributed by atoms with Crippen molar-refractivity contribution in [3.8, 4) is 5.75 Å². The lowest BCUT2D eigenvalue weighted by atomic mass is 10.2. The van der Waals surface area contributed by atoms with Crippen molar-refractivity contribution < 1.29 is 9.53 Å². The van der Waals surface area contributed by atoms with Gasteiger partial charge >= 0.3 is 6.09 Å². The SMILES string of the molecule is Cc1ccc(OC(=O)NCCN)cc1. The van der Waals surface area contributed by atoms with Crippen LogP contribution in [-0.2, 0) is 0 Å². The van der Waals surface area contributed by atoms with Crippen molar-refractivity contribution >= 4 is 6.09 Å². The molecule has 0 spiro atoms. The largest absolute Gasteiger partial charge is 0.412 e. The van der Waals surface area contributed by atoms with E-state index in [1.807, 2.05) is 19.1 Å². The molecule has 0 aliphatic rings. The second-order valence-electron chi connectivity index (χ2n) is 2.92. The Morgan fingerprint density at radius 3 is 2.64 bits per heavy atom. The zero-order chi connectivity index (χ0) is 10.4. The molecule has 0 saturated heterocycles. The zero-order valence-corrected chi connectivity index (χ0v) is 8.12. The molecule has 0 aliphatic heterocycles. The van der Waals surface area contributed by atoms with E-state index in [4.69, 9.17) is 10.5 Å². The van der Waals surface area contributed by atoms with E-state index in [2.05, 4.69) is 5.32 Å². The minimum atomic E-state index is -0.473. The molecule has 76 valence electrons. The Kier molecular flexibility index (Phi) is 3.94. The van der Waals surface area contributed by atoms with E-state index in [1.54, 1.807) is 12.1 Å². The third-order valence-electron chi connectivity index (χ3n) is 1.65. The van der Waals surface area contributed by atoms with E-state index in [-0.39, 0.29) is 0 Å². The summed E-state index contributed by atoms with van der Waals surface area (Å²) in [4.78, 5) is 11.1. The van der Waals surface area contributed by atoms with Crippen LogP contribution in [0.4, 0.5) is 4.79 Å². The second-order valence-corrected chi connectivity index (χ2v) is 2.92. The molecule has 0 aliphatic carbocycles. The van der Waals surface area contributed by atoms with Crippen LogP contribution in [0.2, 0.25) is 0 Å². The Morgan fingerprint density at radius 2 is 2.07 bits per heavy atom. The predicted molar refractivity (Wildman–Crippen MR) is 54.3 cm³/mol. The molecule has 0 bridgehead atoms. The monoisotopic (exact) mass is 194 g/mol. The lowest BCUT2D eigenvalue weighted by Crippen LogP contribution is -2.31. The van der Waals surface area contributed by atoms with Crippen LogP contribution in [0, 0.1) is 6.92 Å². The van der Waals surface area contributed by atoms with Crippen molar-refractivity contribution in [1.82, 2.24) is 5.32 Å². The first-order valence-corrected chi connectivity index (χ1v) is 4.45. The van der Waals surface area contributed by atoms with Gasteiger partial charge in [0.05, 0.1) is 0 Å². The minimum absolute atomic E-state index is 0.406. The molecule has 0 unspecified atom stereocenters. The Bertz CT molecular complexity index is 295. The zero-order valence-electron chi connectivity index (χ0n) is 8.12. The fourth-order valence-corrected chi connectivity index (χ4v) is 0.924. The van der Waals surface area contributed by atoms with Gasteiger partial charge in [-0.2, -0.15) is 0 Å². The molecule has 4 heteroatoms. The van der Waals surface area contributed by atoms with Gasteiger partial charge in [-0.05, 0) is 19.1 Å². The number of benzene rings is 1. The van der Waals surface area contributed by atoms with E-state index in [1.165, 1.54) is 0 Å². The van der Waals surface area contributed by atoms with Crippen LogP contribution < -0.4 is 15.8 Å². The minimum Gasteiger partial charge on any atom is -0.410 e. The van der Waals surface area contributed by atoms with E-state index in [9.17, 15) is 4.79 Å². The van der Waals surface area contributed by atoms with Gasteiger partial charge in [-0.15, -0.1) is 0 Å². The van der Waals surface area contributed by atoms with Gasteiger partial charge in [0, 0.05) is 13.1 Å². The average molecular weight is 194 g/mol. The highest BCUT2D eigenvalue weighted by Gasteiger charge is 2.01. The number of amides is 1. The quantitative estimate of drug-likeness (QED) is 0.755. The van der Waals surface area contributed by atoms with E-state index in [0.29, 0.717) is 18.8 Å².